The number of hydrogen-bond donors (Lipinski definition) is 2. The summed E-state index contributed by atoms with van der Waals surface area (Å²) in [6, 6.07) is 12.2. The van der Waals surface area contributed by atoms with E-state index >= 15 is 0 Å². The van der Waals surface area contributed by atoms with E-state index in [0.29, 0.717) is 40.4 Å². The molecule has 0 unspecified atom stereocenters. The normalized spacial score (nSPS) is 12.4. The second-order valence-corrected chi connectivity index (χ2v) is 5.92. The number of amides is 2. The van der Waals surface area contributed by atoms with Gasteiger partial charge in [0.05, 0.1) is 12.1 Å². The number of fused-ring (bicyclic) bond motifs is 1. The molecule has 24 heavy (non-hydrogen) atoms. The lowest BCUT2D eigenvalue weighted by atomic mass is 10.2. The molecule has 0 saturated carbocycles. The molecule has 2 aromatic carbocycles. The zero-order chi connectivity index (χ0) is 16.9. The standard InChI is InChI=1S/C17H15BrN2O4/c18-13-4-2-1-3-12(13)17(22)19-10-16(21)20-11-5-6-14-15(9-11)24-8-7-23-14/h1-6,9H,7-8,10H2,(H,19,22)(H,20,21). The Morgan fingerprint density at radius 1 is 1.04 bits per heavy atom. The van der Waals surface area contributed by atoms with Crippen molar-refractivity contribution in [2.75, 3.05) is 25.1 Å². The van der Waals surface area contributed by atoms with Crippen molar-refractivity contribution in [2.24, 2.45) is 0 Å². The highest BCUT2D eigenvalue weighted by Crippen LogP contribution is 2.32. The highest BCUT2D eigenvalue weighted by Gasteiger charge is 2.14. The summed E-state index contributed by atoms with van der Waals surface area (Å²) in [6.07, 6.45) is 0. The van der Waals surface area contributed by atoms with E-state index in [0.717, 1.165) is 0 Å². The average molecular weight is 391 g/mol. The molecule has 124 valence electrons. The Hall–Kier alpha value is -2.54. The molecule has 1 aliphatic rings. The van der Waals surface area contributed by atoms with Crippen molar-refractivity contribution < 1.29 is 19.1 Å². The van der Waals surface area contributed by atoms with Gasteiger partial charge in [0.15, 0.2) is 11.5 Å². The van der Waals surface area contributed by atoms with Gasteiger partial charge in [0, 0.05) is 16.2 Å². The quantitative estimate of drug-likeness (QED) is 0.840. The van der Waals surface area contributed by atoms with Crippen LogP contribution in [0.2, 0.25) is 0 Å². The number of hydrogen-bond acceptors (Lipinski definition) is 4. The maximum Gasteiger partial charge on any atom is 0.252 e. The zero-order valence-corrected chi connectivity index (χ0v) is 14.3. The summed E-state index contributed by atoms with van der Waals surface area (Å²) in [5, 5.41) is 5.30. The molecule has 0 aliphatic carbocycles. The van der Waals surface area contributed by atoms with Crippen molar-refractivity contribution in [2.45, 2.75) is 0 Å². The molecule has 3 rings (SSSR count). The Morgan fingerprint density at radius 3 is 2.58 bits per heavy atom. The van der Waals surface area contributed by atoms with Gasteiger partial charge in [0.2, 0.25) is 5.91 Å². The van der Waals surface area contributed by atoms with Crippen LogP contribution in [0.15, 0.2) is 46.9 Å². The van der Waals surface area contributed by atoms with Gasteiger partial charge in [0.1, 0.15) is 13.2 Å². The average Bonchev–Trinajstić information content (AvgIpc) is 2.60. The maximum atomic E-state index is 12.1. The van der Waals surface area contributed by atoms with Gasteiger partial charge in [-0.1, -0.05) is 12.1 Å². The molecule has 7 heteroatoms. The van der Waals surface area contributed by atoms with Crippen molar-refractivity contribution in [3.05, 3.63) is 52.5 Å². The lowest BCUT2D eigenvalue weighted by Crippen LogP contribution is -2.33. The molecule has 0 radical (unpaired) electrons. The van der Waals surface area contributed by atoms with Crippen LogP contribution in [0.25, 0.3) is 0 Å². The van der Waals surface area contributed by atoms with Crippen LogP contribution < -0.4 is 20.1 Å². The maximum absolute atomic E-state index is 12.1. The minimum atomic E-state index is -0.327. The SMILES string of the molecule is O=C(CNC(=O)c1ccccc1Br)Nc1ccc2c(c1)OCCO2. The van der Waals surface area contributed by atoms with Crippen LogP contribution in [0, 0.1) is 0 Å². The van der Waals surface area contributed by atoms with Crippen LogP contribution in [0.5, 0.6) is 11.5 Å². The fourth-order valence-electron chi connectivity index (χ4n) is 2.23. The Balaban J connectivity index is 1.56. The number of nitrogens with one attached hydrogen (secondary N) is 2. The fourth-order valence-corrected chi connectivity index (χ4v) is 2.69. The van der Waals surface area contributed by atoms with Crippen LogP contribution in [0.4, 0.5) is 5.69 Å². The summed E-state index contributed by atoms with van der Waals surface area (Å²) in [5.74, 6) is 0.602. The van der Waals surface area contributed by atoms with E-state index in [1.165, 1.54) is 0 Å². The molecule has 1 heterocycles. The Bertz CT molecular complexity index is 779. The van der Waals surface area contributed by atoms with Gasteiger partial charge >= 0.3 is 0 Å². The predicted molar refractivity (Wildman–Crippen MR) is 92.5 cm³/mol. The first kappa shape index (κ1) is 16.3. The smallest absolute Gasteiger partial charge is 0.252 e. The first-order valence-electron chi connectivity index (χ1n) is 7.36. The van der Waals surface area contributed by atoms with Gasteiger partial charge in [-0.2, -0.15) is 0 Å². The van der Waals surface area contributed by atoms with Crippen molar-refractivity contribution in [3.63, 3.8) is 0 Å². The van der Waals surface area contributed by atoms with Gasteiger partial charge in [-0.05, 0) is 40.2 Å². The van der Waals surface area contributed by atoms with Crippen molar-refractivity contribution >= 4 is 33.4 Å². The number of benzene rings is 2. The summed E-state index contributed by atoms with van der Waals surface area (Å²) >= 11 is 3.31. The largest absolute Gasteiger partial charge is 0.486 e. The van der Waals surface area contributed by atoms with Gasteiger partial charge < -0.3 is 20.1 Å². The zero-order valence-electron chi connectivity index (χ0n) is 12.7. The van der Waals surface area contributed by atoms with E-state index in [2.05, 4.69) is 26.6 Å². The molecule has 2 N–H and O–H groups in total. The van der Waals surface area contributed by atoms with Gasteiger partial charge in [-0.15, -0.1) is 0 Å². The third kappa shape index (κ3) is 3.86. The lowest BCUT2D eigenvalue weighted by molar-refractivity contribution is -0.115. The van der Waals surface area contributed by atoms with E-state index in [9.17, 15) is 9.59 Å². The van der Waals surface area contributed by atoms with Crippen molar-refractivity contribution in [1.82, 2.24) is 5.32 Å². The van der Waals surface area contributed by atoms with E-state index in [-0.39, 0.29) is 18.4 Å². The minimum Gasteiger partial charge on any atom is -0.486 e. The third-order valence-corrected chi connectivity index (χ3v) is 4.05. The van der Waals surface area contributed by atoms with Crippen molar-refractivity contribution in [3.8, 4) is 11.5 Å². The van der Waals surface area contributed by atoms with E-state index < -0.39 is 0 Å². The fraction of sp³-hybridized carbons (Fsp3) is 0.176. The Morgan fingerprint density at radius 2 is 1.79 bits per heavy atom. The van der Waals surface area contributed by atoms with E-state index in [1.54, 1.807) is 36.4 Å². The van der Waals surface area contributed by atoms with Crippen LogP contribution in [0.3, 0.4) is 0 Å². The highest BCUT2D eigenvalue weighted by molar-refractivity contribution is 9.10. The topological polar surface area (TPSA) is 76.7 Å². The van der Waals surface area contributed by atoms with Gasteiger partial charge in [-0.3, -0.25) is 9.59 Å². The summed E-state index contributed by atoms with van der Waals surface area (Å²) in [6.45, 7) is 0.862. The molecular formula is C17H15BrN2O4. The van der Waals surface area contributed by atoms with Crippen LogP contribution >= 0.6 is 15.9 Å². The summed E-state index contributed by atoms with van der Waals surface area (Å²) < 4.78 is 11.6. The molecule has 0 atom stereocenters. The van der Waals surface area contributed by atoms with E-state index in [4.69, 9.17) is 9.47 Å². The minimum absolute atomic E-state index is 0.130. The number of anilines is 1. The van der Waals surface area contributed by atoms with Crippen LogP contribution in [-0.2, 0) is 4.79 Å². The molecular weight excluding hydrogens is 376 g/mol. The summed E-state index contributed by atoms with van der Waals surface area (Å²) in [4.78, 5) is 24.0. The second-order valence-electron chi connectivity index (χ2n) is 5.07. The first-order chi connectivity index (χ1) is 11.6. The lowest BCUT2D eigenvalue weighted by Gasteiger charge is -2.19. The highest BCUT2D eigenvalue weighted by atomic mass is 79.9. The number of halogens is 1. The molecule has 0 saturated heterocycles. The molecule has 0 bridgehead atoms. The molecule has 2 amide bonds. The summed E-state index contributed by atoms with van der Waals surface area (Å²) in [5.41, 5.74) is 1.06. The van der Waals surface area contributed by atoms with Gasteiger partial charge in [0.25, 0.3) is 5.91 Å². The Kier molecular flexibility index (Phi) is 5.00. The second kappa shape index (κ2) is 7.35. The van der Waals surface area contributed by atoms with Crippen molar-refractivity contribution in [1.29, 1.82) is 0 Å². The molecule has 1 aliphatic heterocycles. The molecule has 0 fully saturated rings. The predicted octanol–water partition coefficient (Wildman–Crippen LogP) is 2.59. The van der Waals surface area contributed by atoms with Crippen LogP contribution in [-0.4, -0.2) is 31.6 Å². The number of carbonyl (C=O) groups excluding carboxylic acids is 2. The Labute approximate surface area is 147 Å². The molecule has 6 nitrogen and oxygen atoms in total. The summed E-state index contributed by atoms with van der Waals surface area (Å²) in [7, 11) is 0. The van der Waals surface area contributed by atoms with Crippen LogP contribution in [0.1, 0.15) is 10.4 Å². The number of rotatable bonds is 4. The number of ether oxygens (including phenoxy) is 2. The van der Waals surface area contributed by atoms with Gasteiger partial charge in [-0.25, -0.2) is 0 Å². The van der Waals surface area contributed by atoms with E-state index in [1.807, 2.05) is 6.07 Å². The molecule has 0 spiro atoms. The third-order valence-electron chi connectivity index (χ3n) is 3.35. The molecule has 2 aromatic rings. The monoisotopic (exact) mass is 390 g/mol. The first-order valence-corrected chi connectivity index (χ1v) is 8.15. The molecule has 0 aromatic heterocycles. The number of carbonyl (C=O) groups is 2.